The summed E-state index contributed by atoms with van der Waals surface area (Å²) in [5.41, 5.74) is 0. The Bertz CT molecular complexity index is 4.14. The number of rotatable bonds is 0. The van der Waals surface area contributed by atoms with Gasteiger partial charge in [0.25, 0.3) is 0 Å². The maximum Gasteiger partial charge on any atom is 0 e. The number of hydrogen-bond donors (Lipinski definition) is 0. The molecule has 0 aromatic carbocycles. The molecule has 54 valence electrons. The van der Waals surface area contributed by atoms with Crippen molar-refractivity contribution in [2.45, 2.75) is 44.6 Å². The van der Waals surface area contributed by atoms with Crippen LogP contribution in [0.3, 0.4) is 0 Å². The van der Waals surface area contributed by atoms with Crippen molar-refractivity contribution in [2.24, 2.45) is 0 Å². The first-order valence-corrected chi connectivity index (χ1v) is 0. The van der Waals surface area contributed by atoms with Gasteiger partial charge in [-0.05, 0) is 0 Å². The van der Waals surface area contributed by atoms with Gasteiger partial charge in [-0.15, -0.1) is 0 Å². The van der Waals surface area contributed by atoms with Crippen molar-refractivity contribution in [1.29, 1.82) is 0 Å². The molecule has 0 aliphatic rings. The van der Waals surface area contributed by atoms with Crippen LogP contribution in [0.5, 0.6) is 0 Å². The van der Waals surface area contributed by atoms with E-state index < -0.39 is 0 Å². The Morgan fingerprint density at radius 1 is 0.286 bits per heavy atom. The van der Waals surface area contributed by atoms with Crippen molar-refractivity contribution >= 4 is 0 Å². The average Bonchev–Trinajstić information content (AvgIpc) is 0. The topological polar surface area (TPSA) is 0 Å². The van der Waals surface area contributed by atoms with E-state index in [9.17, 15) is 0 Å². The van der Waals surface area contributed by atoms with E-state index in [2.05, 4.69) is 0 Å². The van der Waals surface area contributed by atoms with Crippen LogP contribution in [-0.2, 0) is 21.1 Å². The first kappa shape index (κ1) is 726. The van der Waals surface area contributed by atoms with Crippen LogP contribution in [0, 0.1) is 0 Å². The Hall–Kier alpha value is 0.688. The molecule has 0 nitrogen and oxygen atoms in total. The molecular formula is C6H24Mo. The van der Waals surface area contributed by atoms with Gasteiger partial charge in [0, 0.05) is 21.1 Å². The van der Waals surface area contributed by atoms with Crippen LogP contribution in [0.2, 0.25) is 0 Å². The van der Waals surface area contributed by atoms with Gasteiger partial charge in [-0.2, -0.15) is 0 Å². The molecule has 7 heavy (non-hydrogen) atoms. The van der Waals surface area contributed by atoms with Crippen LogP contribution in [0.15, 0.2) is 0 Å². The van der Waals surface area contributed by atoms with Gasteiger partial charge in [0.15, 0.2) is 0 Å². The zero-order chi connectivity index (χ0) is 0. The Labute approximate surface area is 66.0 Å². The largest absolute Gasteiger partial charge is 0.0776 e. The summed E-state index contributed by atoms with van der Waals surface area (Å²) in [6.07, 6.45) is 0. The van der Waals surface area contributed by atoms with E-state index in [-0.39, 0.29) is 65.6 Å². The number of hydrogen-bond acceptors (Lipinski definition) is 0. The fourth-order valence-corrected chi connectivity index (χ4v) is 0. The molecule has 0 radical (unpaired) electrons. The van der Waals surface area contributed by atoms with Crippen LogP contribution < -0.4 is 0 Å². The first-order valence-electron chi connectivity index (χ1n) is 0. The SMILES string of the molecule is C.C.C.C.C.C.[Mo]. The summed E-state index contributed by atoms with van der Waals surface area (Å²) >= 11 is 0. The van der Waals surface area contributed by atoms with Gasteiger partial charge in [0.05, 0.1) is 0 Å². The van der Waals surface area contributed by atoms with Crippen molar-refractivity contribution in [3.05, 3.63) is 0 Å². The second-order valence-corrected chi connectivity index (χ2v) is 0. The van der Waals surface area contributed by atoms with Gasteiger partial charge in [-0.3, -0.25) is 0 Å². The van der Waals surface area contributed by atoms with E-state index in [4.69, 9.17) is 0 Å². The minimum atomic E-state index is 0. The minimum Gasteiger partial charge on any atom is -0.0776 e. The van der Waals surface area contributed by atoms with Gasteiger partial charge in [-0.1, -0.05) is 44.6 Å². The molecule has 0 atom stereocenters. The fraction of sp³-hybridized carbons (Fsp3) is 1.00. The maximum atomic E-state index is 0. The van der Waals surface area contributed by atoms with Crippen molar-refractivity contribution in [3.8, 4) is 0 Å². The third kappa shape index (κ3) is 310. The molecule has 0 spiro atoms. The molecule has 0 aliphatic carbocycles. The quantitative estimate of drug-likeness (QED) is 0.512. The Kier molecular flexibility index (Phi) is 47400. The van der Waals surface area contributed by atoms with E-state index in [0.717, 1.165) is 0 Å². The molecule has 0 aliphatic heterocycles. The molecule has 0 amide bonds. The predicted octanol–water partition coefficient (Wildman–Crippen LogP) is 3.81. The molecule has 0 aromatic rings. The van der Waals surface area contributed by atoms with Gasteiger partial charge >= 0.3 is 0 Å². The summed E-state index contributed by atoms with van der Waals surface area (Å²) in [5.74, 6) is 0. The average molecular weight is 192 g/mol. The summed E-state index contributed by atoms with van der Waals surface area (Å²) < 4.78 is 0. The zero-order valence-electron chi connectivity index (χ0n) is 0.408. The van der Waals surface area contributed by atoms with E-state index in [0.29, 0.717) is 0 Å². The van der Waals surface area contributed by atoms with Crippen molar-refractivity contribution in [1.82, 2.24) is 0 Å². The van der Waals surface area contributed by atoms with Gasteiger partial charge in [0.1, 0.15) is 0 Å². The molecule has 0 rings (SSSR count). The van der Waals surface area contributed by atoms with Crippen LogP contribution in [0.4, 0.5) is 0 Å². The molecule has 0 saturated heterocycles. The van der Waals surface area contributed by atoms with Crippen LogP contribution in [0.25, 0.3) is 0 Å². The van der Waals surface area contributed by atoms with Gasteiger partial charge in [0.2, 0.25) is 0 Å². The summed E-state index contributed by atoms with van der Waals surface area (Å²) in [7, 11) is 0. The molecule has 0 fully saturated rings. The fourth-order valence-electron chi connectivity index (χ4n) is 0. The van der Waals surface area contributed by atoms with Crippen molar-refractivity contribution < 1.29 is 21.1 Å². The summed E-state index contributed by atoms with van der Waals surface area (Å²) in [6.45, 7) is 0. The standard InChI is InChI=1S/6CH4.Mo/h6*1H4;. The van der Waals surface area contributed by atoms with E-state index in [1.54, 1.807) is 0 Å². The summed E-state index contributed by atoms with van der Waals surface area (Å²) in [5, 5.41) is 0. The Balaban J connectivity index is 0. The Morgan fingerprint density at radius 3 is 0.286 bits per heavy atom. The molecule has 0 heterocycles. The molecule has 0 N–H and O–H groups in total. The maximum absolute atomic E-state index is 0. The van der Waals surface area contributed by atoms with E-state index in [1.807, 2.05) is 0 Å². The third-order valence-corrected chi connectivity index (χ3v) is 0. The summed E-state index contributed by atoms with van der Waals surface area (Å²) in [6, 6.07) is 0. The summed E-state index contributed by atoms with van der Waals surface area (Å²) in [4.78, 5) is 0. The molecule has 0 bridgehead atoms. The normalized spacial score (nSPS) is 0. The zero-order valence-corrected chi connectivity index (χ0v) is 2.42. The van der Waals surface area contributed by atoms with E-state index >= 15 is 0 Å². The first-order chi connectivity index (χ1) is 0. The smallest absolute Gasteiger partial charge is 0 e. The minimum absolute atomic E-state index is 0. The molecule has 0 aromatic heterocycles. The van der Waals surface area contributed by atoms with Crippen LogP contribution in [-0.4, -0.2) is 0 Å². The second kappa shape index (κ2) is 457. The molecule has 0 saturated carbocycles. The van der Waals surface area contributed by atoms with Gasteiger partial charge < -0.3 is 0 Å². The Morgan fingerprint density at radius 2 is 0.286 bits per heavy atom. The van der Waals surface area contributed by atoms with Crippen molar-refractivity contribution in [2.75, 3.05) is 0 Å². The third-order valence-electron chi connectivity index (χ3n) is 0. The van der Waals surface area contributed by atoms with Gasteiger partial charge in [-0.25, -0.2) is 0 Å². The predicted molar refractivity (Wildman–Crippen MR) is 40.4 cm³/mol. The van der Waals surface area contributed by atoms with Crippen molar-refractivity contribution in [3.63, 3.8) is 0 Å². The molecule has 0 unspecified atom stereocenters. The monoisotopic (exact) mass is 194 g/mol. The molecule has 1 heteroatoms. The molecular weight excluding hydrogens is 168 g/mol. The van der Waals surface area contributed by atoms with Crippen LogP contribution in [0.1, 0.15) is 44.6 Å². The van der Waals surface area contributed by atoms with Crippen LogP contribution >= 0.6 is 0 Å². The second-order valence-electron chi connectivity index (χ2n) is 0. The van der Waals surface area contributed by atoms with E-state index in [1.165, 1.54) is 0 Å².